The number of alkyl halides is 2. The molecule has 0 spiro atoms. The number of hydrogen-bond donors (Lipinski definition) is 1. The SMILES string of the molecule is FC(F)c1ccc(CNc2ccc3sccc3c2)cc1. The van der Waals surface area contributed by atoms with Crippen LogP contribution in [0.3, 0.4) is 0 Å². The zero-order valence-electron chi connectivity index (χ0n) is 10.6. The van der Waals surface area contributed by atoms with Crippen LogP contribution in [0, 0.1) is 0 Å². The van der Waals surface area contributed by atoms with Crippen molar-refractivity contribution in [1.82, 2.24) is 0 Å². The number of anilines is 1. The van der Waals surface area contributed by atoms with Gasteiger partial charge in [-0.05, 0) is 40.6 Å². The van der Waals surface area contributed by atoms with Crippen molar-refractivity contribution in [3.63, 3.8) is 0 Å². The molecule has 0 atom stereocenters. The molecule has 0 unspecified atom stereocenters. The van der Waals surface area contributed by atoms with Gasteiger partial charge in [-0.3, -0.25) is 0 Å². The standard InChI is InChI=1S/C16H13F2NS/c17-16(18)12-3-1-11(2-4-12)10-19-14-5-6-15-13(9-14)7-8-20-15/h1-9,16,19H,10H2. The third kappa shape index (κ3) is 2.80. The fourth-order valence-electron chi connectivity index (χ4n) is 2.06. The second kappa shape index (κ2) is 5.59. The van der Waals surface area contributed by atoms with E-state index in [-0.39, 0.29) is 5.56 Å². The van der Waals surface area contributed by atoms with Crippen molar-refractivity contribution in [3.05, 3.63) is 65.0 Å². The molecule has 0 saturated heterocycles. The van der Waals surface area contributed by atoms with Crippen LogP contribution in [0.5, 0.6) is 0 Å². The Morgan fingerprint density at radius 2 is 1.80 bits per heavy atom. The second-order valence-corrected chi connectivity index (χ2v) is 5.52. The number of halogens is 2. The summed E-state index contributed by atoms with van der Waals surface area (Å²) in [5.41, 5.74) is 2.09. The van der Waals surface area contributed by atoms with Gasteiger partial charge in [0.1, 0.15) is 0 Å². The summed E-state index contributed by atoms with van der Waals surface area (Å²) in [6.45, 7) is 0.624. The molecule has 1 heterocycles. The van der Waals surface area contributed by atoms with E-state index in [9.17, 15) is 8.78 Å². The number of hydrogen-bond acceptors (Lipinski definition) is 2. The van der Waals surface area contributed by atoms with Crippen molar-refractivity contribution in [2.75, 3.05) is 5.32 Å². The van der Waals surface area contributed by atoms with Gasteiger partial charge in [-0.25, -0.2) is 8.78 Å². The van der Waals surface area contributed by atoms with E-state index in [1.807, 2.05) is 6.07 Å². The third-order valence-electron chi connectivity index (χ3n) is 3.18. The van der Waals surface area contributed by atoms with Gasteiger partial charge in [0.25, 0.3) is 6.43 Å². The van der Waals surface area contributed by atoms with Crippen molar-refractivity contribution in [2.45, 2.75) is 13.0 Å². The Bertz CT molecular complexity index is 704. The van der Waals surface area contributed by atoms with Gasteiger partial charge in [0.15, 0.2) is 0 Å². The van der Waals surface area contributed by atoms with Crippen molar-refractivity contribution in [1.29, 1.82) is 0 Å². The van der Waals surface area contributed by atoms with Gasteiger partial charge in [0.05, 0.1) is 0 Å². The van der Waals surface area contributed by atoms with Gasteiger partial charge in [0, 0.05) is 22.5 Å². The highest BCUT2D eigenvalue weighted by molar-refractivity contribution is 7.17. The first-order valence-electron chi connectivity index (χ1n) is 6.30. The molecular formula is C16H13F2NS. The lowest BCUT2D eigenvalue weighted by Crippen LogP contribution is -1.99. The first-order valence-corrected chi connectivity index (χ1v) is 7.18. The summed E-state index contributed by atoms with van der Waals surface area (Å²) in [5.74, 6) is 0. The molecule has 4 heteroatoms. The normalized spacial score (nSPS) is 11.2. The van der Waals surface area contributed by atoms with Crippen LogP contribution in [0.4, 0.5) is 14.5 Å². The summed E-state index contributed by atoms with van der Waals surface area (Å²) >= 11 is 1.72. The lowest BCUT2D eigenvalue weighted by Gasteiger charge is -2.07. The van der Waals surface area contributed by atoms with E-state index in [2.05, 4.69) is 28.9 Å². The fraction of sp³-hybridized carbons (Fsp3) is 0.125. The molecule has 0 aliphatic rings. The molecule has 0 aliphatic carbocycles. The van der Waals surface area contributed by atoms with E-state index in [0.29, 0.717) is 6.54 Å². The first kappa shape index (κ1) is 13.1. The molecule has 0 radical (unpaired) electrons. The van der Waals surface area contributed by atoms with Crippen molar-refractivity contribution < 1.29 is 8.78 Å². The average Bonchev–Trinajstić information content (AvgIpc) is 2.93. The summed E-state index contributed by atoms with van der Waals surface area (Å²) in [6, 6.07) is 14.7. The summed E-state index contributed by atoms with van der Waals surface area (Å²) in [4.78, 5) is 0. The second-order valence-electron chi connectivity index (χ2n) is 4.57. The fourth-order valence-corrected chi connectivity index (χ4v) is 2.83. The van der Waals surface area contributed by atoms with Gasteiger partial charge >= 0.3 is 0 Å². The molecule has 20 heavy (non-hydrogen) atoms. The number of fused-ring (bicyclic) bond motifs is 1. The summed E-state index contributed by atoms with van der Waals surface area (Å²) < 4.78 is 26.2. The Hall–Kier alpha value is -1.94. The van der Waals surface area contributed by atoms with E-state index in [4.69, 9.17) is 0 Å². The molecule has 1 nitrogen and oxygen atoms in total. The van der Waals surface area contributed by atoms with Crippen LogP contribution in [0.25, 0.3) is 10.1 Å². The van der Waals surface area contributed by atoms with Crippen LogP contribution in [0.2, 0.25) is 0 Å². The zero-order chi connectivity index (χ0) is 13.9. The predicted octanol–water partition coefficient (Wildman–Crippen LogP) is 5.45. The lowest BCUT2D eigenvalue weighted by atomic mass is 10.1. The molecule has 0 aliphatic heterocycles. The van der Waals surface area contributed by atoms with Crippen molar-refractivity contribution in [3.8, 4) is 0 Å². The topological polar surface area (TPSA) is 12.0 Å². The average molecular weight is 289 g/mol. The van der Waals surface area contributed by atoms with Gasteiger partial charge in [0.2, 0.25) is 0 Å². The molecule has 102 valence electrons. The molecule has 0 bridgehead atoms. The minimum absolute atomic E-state index is 0.0634. The Balaban J connectivity index is 1.69. The maximum atomic E-state index is 12.5. The molecule has 0 fully saturated rings. The summed E-state index contributed by atoms with van der Waals surface area (Å²) in [6.07, 6.45) is -2.40. The zero-order valence-corrected chi connectivity index (χ0v) is 11.5. The summed E-state index contributed by atoms with van der Waals surface area (Å²) in [5, 5.41) is 6.59. The van der Waals surface area contributed by atoms with Gasteiger partial charge in [-0.1, -0.05) is 24.3 Å². The smallest absolute Gasteiger partial charge is 0.263 e. The minimum Gasteiger partial charge on any atom is -0.381 e. The van der Waals surface area contributed by atoms with Crippen molar-refractivity contribution >= 4 is 27.1 Å². The largest absolute Gasteiger partial charge is 0.381 e. The monoisotopic (exact) mass is 289 g/mol. The van der Waals surface area contributed by atoms with Gasteiger partial charge in [-0.15, -0.1) is 11.3 Å². The first-order chi connectivity index (χ1) is 9.72. The third-order valence-corrected chi connectivity index (χ3v) is 4.08. The molecule has 1 N–H and O–H groups in total. The molecule has 1 aromatic heterocycles. The minimum atomic E-state index is -2.40. The van der Waals surface area contributed by atoms with Crippen molar-refractivity contribution in [2.24, 2.45) is 0 Å². The van der Waals surface area contributed by atoms with E-state index < -0.39 is 6.43 Å². The number of rotatable bonds is 4. The maximum Gasteiger partial charge on any atom is 0.263 e. The Labute approximate surface area is 119 Å². The van der Waals surface area contributed by atoms with Gasteiger partial charge < -0.3 is 5.32 Å². The Morgan fingerprint density at radius 3 is 2.55 bits per heavy atom. The number of benzene rings is 2. The number of nitrogens with one attached hydrogen (secondary N) is 1. The molecule has 3 rings (SSSR count). The highest BCUT2D eigenvalue weighted by Crippen LogP contribution is 2.24. The molecular weight excluding hydrogens is 276 g/mol. The molecule has 0 amide bonds. The maximum absolute atomic E-state index is 12.5. The van der Waals surface area contributed by atoms with Crippen LogP contribution in [0.15, 0.2) is 53.9 Å². The van der Waals surface area contributed by atoms with E-state index >= 15 is 0 Å². The van der Waals surface area contributed by atoms with Crippen LogP contribution >= 0.6 is 11.3 Å². The molecule has 2 aromatic carbocycles. The van der Waals surface area contributed by atoms with E-state index in [1.165, 1.54) is 22.2 Å². The van der Waals surface area contributed by atoms with Crippen LogP contribution in [0.1, 0.15) is 17.6 Å². The molecule has 3 aromatic rings. The van der Waals surface area contributed by atoms with E-state index in [1.54, 1.807) is 23.5 Å². The Morgan fingerprint density at radius 1 is 1.00 bits per heavy atom. The predicted molar refractivity (Wildman–Crippen MR) is 80.6 cm³/mol. The van der Waals surface area contributed by atoms with Crippen LogP contribution in [-0.2, 0) is 6.54 Å². The van der Waals surface area contributed by atoms with E-state index in [0.717, 1.165) is 11.3 Å². The van der Waals surface area contributed by atoms with Gasteiger partial charge in [-0.2, -0.15) is 0 Å². The highest BCUT2D eigenvalue weighted by atomic mass is 32.1. The van der Waals surface area contributed by atoms with Crippen LogP contribution in [-0.4, -0.2) is 0 Å². The quantitative estimate of drug-likeness (QED) is 0.673. The molecule has 0 saturated carbocycles. The lowest BCUT2D eigenvalue weighted by molar-refractivity contribution is 0.151. The Kier molecular flexibility index (Phi) is 3.65. The number of thiophene rings is 1. The van der Waals surface area contributed by atoms with Crippen LogP contribution < -0.4 is 5.32 Å². The highest BCUT2D eigenvalue weighted by Gasteiger charge is 2.05. The summed E-state index contributed by atoms with van der Waals surface area (Å²) in [7, 11) is 0.